The molecule has 0 radical (unpaired) electrons. The maximum absolute atomic E-state index is 13.7. The van der Waals surface area contributed by atoms with Gasteiger partial charge in [-0.25, -0.2) is 4.39 Å². The summed E-state index contributed by atoms with van der Waals surface area (Å²) in [6.07, 6.45) is 5.38. The van der Waals surface area contributed by atoms with Crippen molar-refractivity contribution in [2.45, 2.75) is 18.4 Å². The van der Waals surface area contributed by atoms with Crippen molar-refractivity contribution in [2.24, 2.45) is 5.92 Å². The number of hydrogen-bond acceptors (Lipinski definition) is 3. The van der Waals surface area contributed by atoms with E-state index in [0.29, 0.717) is 5.92 Å². The van der Waals surface area contributed by atoms with E-state index in [1.54, 1.807) is 20.3 Å². The molecule has 0 saturated heterocycles. The fraction of sp³-hybridized carbons (Fsp3) is 0.300. The van der Waals surface area contributed by atoms with Gasteiger partial charge >= 0.3 is 0 Å². The van der Waals surface area contributed by atoms with E-state index >= 15 is 0 Å². The summed E-state index contributed by atoms with van der Waals surface area (Å²) in [5.74, 6) is 1.89. The second-order valence-corrected chi connectivity index (χ2v) is 6.32. The SMILES string of the molecule is COc1ccc(C2Nc3ccc(F)cc3C3C=CCC32)cc1OC. The third-order valence-corrected chi connectivity index (χ3v) is 5.09. The lowest BCUT2D eigenvalue weighted by Crippen LogP contribution is -2.29. The van der Waals surface area contributed by atoms with Gasteiger partial charge in [0.15, 0.2) is 11.5 Å². The lowest BCUT2D eigenvalue weighted by atomic mass is 9.77. The van der Waals surface area contributed by atoms with Crippen LogP contribution in [0.3, 0.4) is 0 Å². The predicted molar refractivity (Wildman–Crippen MR) is 92.3 cm³/mol. The van der Waals surface area contributed by atoms with Crippen molar-refractivity contribution in [1.82, 2.24) is 0 Å². The molecule has 3 atom stereocenters. The van der Waals surface area contributed by atoms with Gasteiger partial charge in [0, 0.05) is 11.6 Å². The summed E-state index contributed by atoms with van der Waals surface area (Å²) >= 11 is 0. The summed E-state index contributed by atoms with van der Waals surface area (Å²) in [5, 5.41) is 3.60. The van der Waals surface area contributed by atoms with E-state index in [9.17, 15) is 4.39 Å². The summed E-state index contributed by atoms with van der Waals surface area (Å²) in [7, 11) is 3.28. The standard InChI is InChI=1S/C20H20FNO2/c1-23-18-9-6-12(10-19(18)24-2)20-15-5-3-4-14(15)16-11-13(21)7-8-17(16)22-20/h3-4,6-11,14-15,20,22H,5H2,1-2H3. The zero-order chi connectivity index (χ0) is 16.7. The lowest BCUT2D eigenvalue weighted by molar-refractivity contribution is 0.353. The summed E-state index contributed by atoms with van der Waals surface area (Å²) in [6.45, 7) is 0. The molecule has 4 heteroatoms. The molecule has 3 nitrogen and oxygen atoms in total. The first-order valence-corrected chi connectivity index (χ1v) is 8.16. The Kier molecular flexibility index (Phi) is 3.68. The van der Waals surface area contributed by atoms with Gasteiger partial charge in [-0.1, -0.05) is 18.2 Å². The molecule has 4 rings (SSSR count). The minimum Gasteiger partial charge on any atom is -0.493 e. The van der Waals surface area contributed by atoms with Crippen molar-refractivity contribution < 1.29 is 13.9 Å². The Morgan fingerprint density at radius 3 is 2.67 bits per heavy atom. The number of nitrogens with one attached hydrogen (secondary N) is 1. The molecule has 0 aromatic heterocycles. The number of anilines is 1. The van der Waals surface area contributed by atoms with Crippen molar-refractivity contribution in [1.29, 1.82) is 0 Å². The van der Waals surface area contributed by atoms with Crippen LogP contribution >= 0.6 is 0 Å². The molecular formula is C20H20FNO2. The highest BCUT2D eigenvalue weighted by molar-refractivity contribution is 5.60. The third kappa shape index (κ3) is 2.33. The third-order valence-electron chi connectivity index (χ3n) is 5.09. The Hall–Kier alpha value is -2.49. The van der Waals surface area contributed by atoms with Crippen LogP contribution in [-0.4, -0.2) is 14.2 Å². The number of ether oxygens (including phenoxy) is 2. The average molecular weight is 325 g/mol. The van der Waals surface area contributed by atoms with Gasteiger partial charge in [-0.2, -0.15) is 0 Å². The number of rotatable bonds is 3. The van der Waals surface area contributed by atoms with Crippen LogP contribution in [0.1, 0.15) is 29.5 Å². The van der Waals surface area contributed by atoms with E-state index in [0.717, 1.165) is 34.7 Å². The van der Waals surface area contributed by atoms with Crippen LogP contribution in [0.15, 0.2) is 48.6 Å². The molecule has 1 N–H and O–H groups in total. The van der Waals surface area contributed by atoms with Crippen LogP contribution in [-0.2, 0) is 0 Å². The highest BCUT2D eigenvalue weighted by Crippen LogP contribution is 2.50. The van der Waals surface area contributed by atoms with E-state index < -0.39 is 0 Å². The van der Waals surface area contributed by atoms with E-state index in [1.165, 1.54) is 6.07 Å². The summed E-state index contributed by atoms with van der Waals surface area (Å²) in [5.41, 5.74) is 3.20. The number of benzene rings is 2. The van der Waals surface area contributed by atoms with Crippen LogP contribution in [0.4, 0.5) is 10.1 Å². The Morgan fingerprint density at radius 2 is 1.88 bits per heavy atom. The molecule has 1 aliphatic heterocycles. The number of methoxy groups -OCH3 is 2. The molecule has 1 aliphatic carbocycles. The van der Waals surface area contributed by atoms with E-state index in [1.807, 2.05) is 18.2 Å². The maximum atomic E-state index is 13.7. The molecule has 0 saturated carbocycles. The zero-order valence-corrected chi connectivity index (χ0v) is 13.8. The van der Waals surface area contributed by atoms with Crippen molar-refractivity contribution in [3.63, 3.8) is 0 Å². The van der Waals surface area contributed by atoms with Gasteiger partial charge in [-0.15, -0.1) is 0 Å². The molecular weight excluding hydrogens is 305 g/mol. The number of halogens is 1. The highest BCUT2D eigenvalue weighted by atomic mass is 19.1. The smallest absolute Gasteiger partial charge is 0.161 e. The van der Waals surface area contributed by atoms with E-state index in [4.69, 9.17) is 9.47 Å². The zero-order valence-electron chi connectivity index (χ0n) is 13.8. The molecule has 2 aromatic carbocycles. The van der Waals surface area contributed by atoms with Gasteiger partial charge < -0.3 is 14.8 Å². The monoisotopic (exact) mass is 325 g/mol. The molecule has 124 valence electrons. The van der Waals surface area contributed by atoms with Gasteiger partial charge in [0.25, 0.3) is 0 Å². The molecule has 1 heterocycles. The highest BCUT2D eigenvalue weighted by Gasteiger charge is 2.38. The molecule has 0 amide bonds. The summed E-state index contributed by atoms with van der Waals surface area (Å²) in [4.78, 5) is 0. The Balaban J connectivity index is 1.76. The summed E-state index contributed by atoms with van der Waals surface area (Å²) < 4.78 is 24.5. The minimum absolute atomic E-state index is 0.155. The minimum atomic E-state index is -0.181. The van der Waals surface area contributed by atoms with Gasteiger partial charge in [0.05, 0.1) is 20.3 Å². The van der Waals surface area contributed by atoms with Crippen LogP contribution in [0.25, 0.3) is 0 Å². The van der Waals surface area contributed by atoms with E-state index in [-0.39, 0.29) is 17.8 Å². The summed E-state index contributed by atoms with van der Waals surface area (Å²) in [6, 6.07) is 11.2. The van der Waals surface area contributed by atoms with Gasteiger partial charge in [0.1, 0.15) is 5.82 Å². The molecule has 2 aliphatic rings. The number of hydrogen-bond donors (Lipinski definition) is 1. The average Bonchev–Trinajstić information content (AvgIpc) is 3.10. The Labute approximate surface area is 141 Å². The normalized spacial score (nSPS) is 24.0. The second kappa shape index (κ2) is 5.86. The fourth-order valence-corrected chi connectivity index (χ4v) is 3.94. The number of allylic oxidation sites excluding steroid dienone is 2. The first kappa shape index (κ1) is 15.1. The van der Waals surface area contributed by atoms with E-state index in [2.05, 4.69) is 23.5 Å². The first-order valence-electron chi connectivity index (χ1n) is 8.16. The van der Waals surface area contributed by atoms with Gasteiger partial charge in [0.2, 0.25) is 0 Å². The Morgan fingerprint density at radius 1 is 1.04 bits per heavy atom. The number of fused-ring (bicyclic) bond motifs is 3. The van der Waals surface area contributed by atoms with Crippen molar-refractivity contribution in [2.75, 3.05) is 19.5 Å². The molecule has 24 heavy (non-hydrogen) atoms. The van der Waals surface area contributed by atoms with Crippen LogP contribution in [0.2, 0.25) is 0 Å². The van der Waals surface area contributed by atoms with Crippen LogP contribution < -0.4 is 14.8 Å². The van der Waals surface area contributed by atoms with Crippen molar-refractivity contribution >= 4 is 5.69 Å². The maximum Gasteiger partial charge on any atom is 0.161 e. The quantitative estimate of drug-likeness (QED) is 0.832. The van der Waals surface area contributed by atoms with Gasteiger partial charge in [-0.05, 0) is 53.8 Å². The second-order valence-electron chi connectivity index (χ2n) is 6.32. The lowest BCUT2D eigenvalue weighted by Gasteiger charge is -2.37. The van der Waals surface area contributed by atoms with Crippen molar-refractivity contribution in [3.8, 4) is 11.5 Å². The predicted octanol–water partition coefficient (Wildman–Crippen LogP) is 4.67. The van der Waals surface area contributed by atoms with Gasteiger partial charge in [-0.3, -0.25) is 0 Å². The first-order chi connectivity index (χ1) is 11.7. The molecule has 0 bridgehead atoms. The van der Waals surface area contributed by atoms with Crippen LogP contribution in [0.5, 0.6) is 11.5 Å². The molecule has 0 spiro atoms. The van der Waals surface area contributed by atoms with Crippen molar-refractivity contribution in [3.05, 3.63) is 65.5 Å². The molecule has 0 fully saturated rings. The Bertz CT molecular complexity index is 802. The fourth-order valence-electron chi connectivity index (χ4n) is 3.94. The largest absolute Gasteiger partial charge is 0.493 e. The van der Waals surface area contributed by atoms with Crippen LogP contribution in [0, 0.1) is 11.7 Å². The topological polar surface area (TPSA) is 30.5 Å². The molecule has 2 aromatic rings. The molecule has 3 unspecified atom stereocenters.